The van der Waals surface area contributed by atoms with Crippen LogP contribution in [0.2, 0.25) is 0 Å². The molecule has 0 aromatic rings. The third kappa shape index (κ3) is 3.98. The Morgan fingerprint density at radius 2 is 2.25 bits per heavy atom. The molecule has 50 valence electrons. The van der Waals surface area contributed by atoms with Crippen LogP contribution in [-0.2, 0) is 4.94 Å². The van der Waals surface area contributed by atoms with E-state index in [4.69, 9.17) is 10.2 Å². The molecule has 0 spiro atoms. The molecule has 1 unspecified atom stereocenters. The van der Waals surface area contributed by atoms with Gasteiger partial charge in [-0.25, -0.2) is 0 Å². The van der Waals surface area contributed by atoms with Crippen molar-refractivity contribution in [2.75, 3.05) is 13.2 Å². The molecule has 0 saturated heterocycles. The number of hydrogen-bond acceptors (Lipinski definition) is 3. The summed E-state index contributed by atoms with van der Waals surface area (Å²) in [5.74, 6) is 0. The van der Waals surface area contributed by atoms with Gasteiger partial charge in [0.1, 0.15) is 6.61 Å². The van der Waals surface area contributed by atoms with E-state index in [0.717, 1.165) is 0 Å². The molecule has 4 heteroatoms. The lowest BCUT2D eigenvalue weighted by atomic mass is 10.3. The fraction of sp³-hybridized carbons (Fsp3) is 1.00. The standard InChI is InChI=1S/C4H9FO3/c5-8-3-4(7)1-2-6/h4,6-7H,1-3H2. The molecule has 0 bridgehead atoms. The van der Waals surface area contributed by atoms with Crippen molar-refractivity contribution in [1.29, 1.82) is 0 Å². The van der Waals surface area contributed by atoms with Crippen LogP contribution in [0.1, 0.15) is 6.42 Å². The highest BCUT2D eigenvalue weighted by molar-refractivity contribution is 4.49. The highest BCUT2D eigenvalue weighted by atomic mass is 19.3. The molecule has 0 heterocycles. The number of halogens is 1. The molecule has 1 atom stereocenters. The summed E-state index contributed by atoms with van der Waals surface area (Å²) >= 11 is 0. The molecule has 0 rings (SSSR count). The summed E-state index contributed by atoms with van der Waals surface area (Å²) in [5.41, 5.74) is 0. The summed E-state index contributed by atoms with van der Waals surface area (Å²) in [4.78, 5) is 3.10. The Morgan fingerprint density at radius 3 is 2.62 bits per heavy atom. The minimum Gasteiger partial charge on any atom is -0.396 e. The molecule has 0 aliphatic rings. The maximum atomic E-state index is 10.8. The lowest BCUT2D eigenvalue weighted by Crippen LogP contribution is -2.13. The van der Waals surface area contributed by atoms with Gasteiger partial charge in [-0.15, -0.1) is 0 Å². The smallest absolute Gasteiger partial charge is 0.114 e. The van der Waals surface area contributed by atoms with Gasteiger partial charge in [0.2, 0.25) is 0 Å². The summed E-state index contributed by atoms with van der Waals surface area (Å²) in [6, 6.07) is 0. The SMILES string of the molecule is OCCC(O)COF. The summed E-state index contributed by atoms with van der Waals surface area (Å²) in [5, 5.41) is 16.6. The van der Waals surface area contributed by atoms with Crippen molar-refractivity contribution in [2.24, 2.45) is 0 Å². The van der Waals surface area contributed by atoms with E-state index in [1.165, 1.54) is 0 Å². The lowest BCUT2D eigenvalue weighted by Gasteiger charge is -2.02. The maximum Gasteiger partial charge on any atom is 0.114 e. The molecule has 8 heavy (non-hydrogen) atoms. The minimum absolute atomic E-state index is 0.148. The van der Waals surface area contributed by atoms with Gasteiger partial charge >= 0.3 is 0 Å². The van der Waals surface area contributed by atoms with Gasteiger partial charge in [-0.05, 0) is 10.9 Å². The van der Waals surface area contributed by atoms with Crippen molar-refractivity contribution in [3.8, 4) is 0 Å². The van der Waals surface area contributed by atoms with Gasteiger partial charge in [0.25, 0.3) is 0 Å². The van der Waals surface area contributed by atoms with E-state index in [2.05, 4.69) is 4.94 Å². The van der Waals surface area contributed by atoms with Gasteiger partial charge in [-0.1, -0.05) is 0 Å². The third-order valence-electron chi connectivity index (χ3n) is 0.718. The average Bonchev–Trinajstić information content (AvgIpc) is 1.68. The van der Waals surface area contributed by atoms with E-state index in [1.54, 1.807) is 0 Å². The van der Waals surface area contributed by atoms with Crippen molar-refractivity contribution in [3.05, 3.63) is 0 Å². The highest BCUT2D eigenvalue weighted by Crippen LogP contribution is 1.90. The molecule has 0 aliphatic carbocycles. The van der Waals surface area contributed by atoms with Crippen molar-refractivity contribution >= 4 is 0 Å². The molecular formula is C4H9FO3. The first-order valence-corrected chi connectivity index (χ1v) is 2.33. The van der Waals surface area contributed by atoms with E-state index in [0.29, 0.717) is 0 Å². The fourth-order valence-corrected chi connectivity index (χ4v) is 0.305. The van der Waals surface area contributed by atoms with Gasteiger partial charge in [0, 0.05) is 6.61 Å². The van der Waals surface area contributed by atoms with Crippen LogP contribution >= 0.6 is 0 Å². The van der Waals surface area contributed by atoms with E-state index in [-0.39, 0.29) is 19.6 Å². The van der Waals surface area contributed by atoms with Crippen molar-refractivity contribution in [3.63, 3.8) is 0 Å². The minimum atomic E-state index is -0.884. The van der Waals surface area contributed by atoms with Gasteiger partial charge in [0.05, 0.1) is 6.10 Å². The van der Waals surface area contributed by atoms with Gasteiger partial charge in [-0.2, -0.15) is 4.94 Å². The van der Waals surface area contributed by atoms with Gasteiger partial charge < -0.3 is 10.2 Å². The summed E-state index contributed by atoms with van der Waals surface area (Å²) < 4.78 is 10.8. The van der Waals surface area contributed by atoms with Gasteiger partial charge in [0.15, 0.2) is 0 Å². The van der Waals surface area contributed by atoms with Crippen LogP contribution in [0.15, 0.2) is 0 Å². The molecule has 0 saturated carbocycles. The van der Waals surface area contributed by atoms with E-state index in [9.17, 15) is 4.53 Å². The lowest BCUT2D eigenvalue weighted by molar-refractivity contribution is -0.158. The molecule has 2 N–H and O–H groups in total. The first-order valence-electron chi connectivity index (χ1n) is 2.33. The quantitative estimate of drug-likeness (QED) is 0.537. The molecule has 0 radical (unpaired) electrons. The zero-order chi connectivity index (χ0) is 6.41. The Labute approximate surface area is 46.6 Å². The zero-order valence-electron chi connectivity index (χ0n) is 4.38. The van der Waals surface area contributed by atoms with E-state index >= 15 is 0 Å². The Kier molecular flexibility index (Phi) is 4.84. The zero-order valence-corrected chi connectivity index (χ0v) is 4.38. The van der Waals surface area contributed by atoms with Crippen LogP contribution < -0.4 is 0 Å². The van der Waals surface area contributed by atoms with Crippen LogP contribution in [0.4, 0.5) is 4.53 Å². The second kappa shape index (κ2) is 4.96. The van der Waals surface area contributed by atoms with Crippen LogP contribution in [0, 0.1) is 0 Å². The normalized spacial score (nSPS) is 13.9. The van der Waals surface area contributed by atoms with E-state index < -0.39 is 6.10 Å². The predicted molar refractivity (Wildman–Crippen MR) is 24.8 cm³/mol. The Bertz CT molecular complexity index is 44.5. The molecule has 0 aromatic heterocycles. The number of aliphatic hydroxyl groups excluding tert-OH is 2. The number of hydrogen-bond donors (Lipinski definition) is 2. The average molecular weight is 124 g/mol. The summed E-state index contributed by atoms with van der Waals surface area (Å²) in [7, 11) is 0. The molecule has 0 aromatic carbocycles. The molecule has 0 fully saturated rings. The first-order chi connectivity index (χ1) is 3.81. The molecule has 0 amide bonds. The van der Waals surface area contributed by atoms with Crippen LogP contribution in [0.5, 0.6) is 0 Å². The number of rotatable bonds is 4. The van der Waals surface area contributed by atoms with Crippen LogP contribution in [0.25, 0.3) is 0 Å². The molecule has 3 nitrogen and oxygen atoms in total. The monoisotopic (exact) mass is 124 g/mol. The maximum absolute atomic E-state index is 10.8. The van der Waals surface area contributed by atoms with Crippen LogP contribution in [-0.4, -0.2) is 29.5 Å². The predicted octanol–water partition coefficient (Wildman–Crippen LogP) is -0.369. The van der Waals surface area contributed by atoms with E-state index in [1.807, 2.05) is 0 Å². The first kappa shape index (κ1) is 7.81. The molecule has 0 aliphatic heterocycles. The van der Waals surface area contributed by atoms with Crippen molar-refractivity contribution < 1.29 is 19.7 Å². The van der Waals surface area contributed by atoms with Gasteiger partial charge in [-0.3, -0.25) is 0 Å². The highest BCUT2D eigenvalue weighted by Gasteiger charge is 2.01. The van der Waals surface area contributed by atoms with Crippen molar-refractivity contribution in [1.82, 2.24) is 0 Å². The Balaban J connectivity index is 2.92. The second-order valence-corrected chi connectivity index (χ2v) is 1.44. The summed E-state index contributed by atoms with van der Waals surface area (Å²) in [6.07, 6.45) is -0.728. The summed E-state index contributed by atoms with van der Waals surface area (Å²) in [6.45, 7) is -0.509. The fourth-order valence-electron chi connectivity index (χ4n) is 0.305. The largest absolute Gasteiger partial charge is 0.396 e. The Morgan fingerprint density at radius 1 is 1.62 bits per heavy atom. The second-order valence-electron chi connectivity index (χ2n) is 1.44. The Hall–Kier alpha value is -0.190. The van der Waals surface area contributed by atoms with Crippen molar-refractivity contribution in [2.45, 2.75) is 12.5 Å². The third-order valence-corrected chi connectivity index (χ3v) is 0.718. The topological polar surface area (TPSA) is 49.7 Å². The van der Waals surface area contributed by atoms with Crippen LogP contribution in [0.3, 0.4) is 0 Å². The molecular weight excluding hydrogens is 115 g/mol. The number of aliphatic hydroxyl groups is 2.